The summed E-state index contributed by atoms with van der Waals surface area (Å²) in [7, 11) is 0. The van der Waals surface area contributed by atoms with Crippen LogP contribution in [0.25, 0.3) is 0 Å². The lowest BCUT2D eigenvalue weighted by Gasteiger charge is -2.40. The quantitative estimate of drug-likeness (QED) is 0.758. The Kier molecular flexibility index (Phi) is 5.39. The van der Waals surface area contributed by atoms with E-state index in [1.165, 1.54) is 0 Å². The molecule has 3 rings (SSSR count). The minimum absolute atomic E-state index is 0.391. The van der Waals surface area contributed by atoms with Crippen LogP contribution in [0, 0.1) is 0 Å². The highest BCUT2D eigenvalue weighted by atomic mass is 16.6. The fraction of sp³-hybridized carbons (Fsp3) is 0.421. The second-order valence-electron chi connectivity index (χ2n) is 5.87. The Labute approximate surface area is 136 Å². The molecule has 4 nitrogen and oxygen atoms in total. The van der Waals surface area contributed by atoms with Crippen LogP contribution in [0.15, 0.2) is 53.6 Å². The molecule has 2 aliphatic rings. The Morgan fingerprint density at radius 1 is 1.22 bits per heavy atom. The van der Waals surface area contributed by atoms with Crippen molar-refractivity contribution in [3.63, 3.8) is 0 Å². The van der Waals surface area contributed by atoms with Crippen molar-refractivity contribution in [2.24, 2.45) is 0 Å². The Bertz CT molecular complexity index is 583. The zero-order chi connectivity index (χ0) is 16.0. The Morgan fingerprint density at radius 2 is 2.09 bits per heavy atom. The summed E-state index contributed by atoms with van der Waals surface area (Å²) in [5, 5.41) is 0. The lowest BCUT2D eigenvalue weighted by molar-refractivity contribution is -0.167. The number of hydrogen-bond acceptors (Lipinski definition) is 4. The third-order valence-corrected chi connectivity index (χ3v) is 4.27. The molecule has 0 bridgehead atoms. The monoisotopic (exact) mass is 314 g/mol. The van der Waals surface area contributed by atoms with Crippen LogP contribution < -0.4 is 0 Å². The van der Waals surface area contributed by atoms with Crippen molar-refractivity contribution in [3.8, 4) is 0 Å². The molecule has 0 amide bonds. The van der Waals surface area contributed by atoms with E-state index in [0.717, 1.165) is 30.3 Å². The van der Waals surface area contributed by atoms with E-state index in [9.17, 15) is 4.79 Å². The largest absolute Gasteiger partial charge is 0.376 e. The van der Waals surface area contributed by atoms with Crippen LogP contribution in [0.5, 0.6) is 0 Å². The van der Waals surface area contributed by atoms with Gasteiger partial charge in [-0.15, -0.1) is 0 Å². The smallest absolute Gasteiger partial charge is 0.150 e. The van der Waals surface area contributed by atoms with Crippen molar-refractivity contribution in [1.82, 2.24) is 0 Å². The topological polar surface area (TPSA) is 44.8 Å². The van der Waals surface area contributed by atoms with Crippen LogP contribution in [0.1, 0.15) is 18.4 Å². The van der Waals surface area contributed by atoms with E-state index < -0.39 is 5.60 Å². The highest BCUT2D eigenvalue weighted by Gasteiger charge is 2.40. The highest BCUT2D eigenvalue weighted by Crippen LogP contribution is 2.34. The Hall–Kier alpha value is -1.75. The van der Waals surface area contributed by atoms with E-state index >= 15 is 0 Å². The van der Waals surface area contributed by atoms with Gasteiger partial charge in [-0.1, -0.05) is 42.5 Å². The molecule has 4 heteroatoms. The lowest BCUT2D eigenvalue weighted by Crippen LogP contribution is -2.49. The van der Waals surface area contributed by atoms with Gasteiger partial charge in [-0.3, -0.25) is 4.79 Å². The predicted octanol–water partition coefficient (Wildman–Crippen LogP) is 2.83. The molecule has 23 heavy (non-hydrogen) atoms. The molecular formula is C19H22O4. The first kappa shape index (κ1) is 16.1. The Morgan fingerprint density at radius 3 is 2.83 bits per heavy atom. The fourth-order valence-corrected chi connectivity index (χ4v) is 3.11. The maximum Gasteiger partial charge on any atom is 0.150 e. The van der Waals surface area contributed by atoms with Crippen molar-refractivity contribution in [2.45, 2.75) is 25.0 Å². The van der Waals surface area contributed by atoms with Gasteiger partial charge in [0, 0.05) is 5.57 Å². The van der Waals surface area contributed by atoms with Crippen molar-refractivity contribution in [1.29, 1.82) is 0 Å². The molecule has 1 aromatic carbocycles. The van der Waals surface area contributed by atoms with E-state index in [2.05, 4.69) is 0 Å². The number of aldehydes is 1. The minimum Gasteiger partial charge on any atom is -0.376 e. The molecule has 0 spiro atoms. The number of hydrogen-bond donors (Lipinski definition) is 0. The summed E-state index contributed by atoms with van der Waals surface area (Å²) in [4.78, 5) is 11.4. The summed E-state index contributed by atoms with van der Waals surface area (Å²) < 4.78 is 17.7. The normalized spacial score (nSPS) is 24.7. The molecule has 1 heterocycles. The van der Waals surface area contributed by atoms with Gasteiger partial charge in [0.25, 0.3) is 0 Å². The van der Waals surface area contributed by atoms with Crippen LogP contribution in [0.4, 0.5) is 0 Å². The lowest BCUT2D eigenvalue weighted by atomic mass is 9.84. The average molecular weight is 314 g/mol. The molecule has 1 aromatic rings. The first-order valence-corrected chi connectivity index (χ1v) is 8.03. The number of allylic oxidation sites excluding steroid dienone is 3. The van der Waals surface area contributed by atoms with Gasteiger partial charge in [0.15, 0.2) is 0 Å². The van der Waals surface area contributed by atoms with Crippen molar-refractivity contribution < 1.29 is 19.0 Å². The van der Waals surface area contributed by atoms with Gasteiger partial charge in [0.1, 0.15) is 11.9 Å². The van der Waals surface area contributed by atoms with Gasteiger partial charge in [-0.25, -0.2) is 0 Å². The van der Waals surface area contributed by atoms with E-state index in [1.54, 1.807) is 0 Å². The van der Waals surface area contributed by atoms with Crippen molar-refractivity contribution in [2.75, 3.05) is 26.4 Å². The minimum atomic E-state index is -0.645. The maximum absolute atomic E-state index is 11.4. The van der Waals surface area contributed by atoms with Crippen LogP contribution >= 0.6 is 0 Å². The number of rotatable bonds is 6. The molecule has 0 radical (unpaired) electrons. The predicted molar refractivity (Wildman–Crippen MR) is 87.1 cm³/mol. The number of carbonyl (C=O) groups is 1. The van der Waals surface area contributed by atoms with Crippen LogP contribution in [0.3, 0.4) is 0 Å². The highest BCUT2D eigenvalue weighted by molar-refractivity contribution is 5.80. The standard InChI is InChI=1S/C19H22O4/c20-12-17-8-4-5-9-18(17)19(14-21-10-11-23-19)15-22-13-16-6-2-1-3-7-16/h1-4,6-8,12H,5,9-11,13-15H2. The zero-order valence-corrected chi connectivity index (χ0v) is 13.2. The molecule has 1 atom stereocenters. The second-order valence-corrected chi connectivity index (χ2v) is 5.87. The van der Waals surface area contributed by atoms with Crippen molar-refractivity contribution >= 4 is 6.29 Å². The summed E-state index contributed by atoms with van der Waals surface area (Å²) >= 11 is 0. The SMILES string of the molecule is O=CC1=C(C2(COCc3ccccc3)COCCO2)CCC=C1. The second kappa shape index (κ2) is 7.68. The first-order chi connectivity index (χ1) is 11.3. The van der Waals surface area contributed by atoms with Gasteiger partial charge in [0.05, 0.1) is 33.0 Å². The van der Waals surface area contributed by atoms with Crippen LogP contribution in [-0.2, 0) is 25.6 Å². The van der Waals surface area contributed by atoms with Crippen molar-refractivity contribution in [3.05, 3.63) is 59.2 Å². The summed E-state index contributed by atoms with van der Waals surface area (Å²) in [5.74, 6) is 0. The summed E-state index contributed by atoms with van der Waals surface area (Å²) in [5.41, 5.74) is 2.17. The molecule has 1 saturated heterocycles. The van der Waals surface area contributed by atoms with Gasteiger partial charge in [0.2, 0.25) is 0 Å². The van der Waals surface area contributed by atoms with E-state index in [4.69, 9.17) is 14.2 Å². The van der Waals surface area contributed by atoms with E-state index in [-0.39, 0.29) is 0 Å². The molecule has 1 aliphatic heterocycles. The van der Waals surface area contributed by atoms with E-state index in [1.807, 2.05) is 42.5 Å². The summed E-state index contributed by atoms with van der Waals surface area (Å²) in [6.07, 6.45) is 6.53. The number of benzene rings is 1. The molecule has 0 saturated carbocycles. The maximum atomic E-state index is 11.4. The van der Waals surface area contributed by atoms with E-state index in [0.29, 0.717) is 38.6 Å². The molecule has 0 aromatic heterocycles. The summed E-state index contributed by atoms with van der Waals surface area (Å²) in [6, 6.07) is 10.0. The van der Waals surface area contributed by atoms with Gasteiger partial charge < -0.3 is 14.2 Å². The van der Waals surface area contributed by atoms with Crippen LogP contribution in [0.2, 0.25) is 0 Å². The fourth-order valence-electron chi connectivity index (χ4n) is 3.11. The first-order valence-electron chi connectivity index (χ1n) is 8.03. The number of carbonyl (C=O) groups excluding carboxylic acids is 1. The zero-order valence-electron chi connectivity index (χ0n) is 13.2. The number of ether oxygens (including phenoxy) is 3. The average Bonchev–Trinajstić information content (AvgIpc) is 2.63. The summed E-state index contributed by atoms with van der Waals surface area (Å²) in [6.45, 7) is 2.45. The molecule has 0 N–H and O–H groups in total. The third-order valence-electron chi connectivity index (χ3n) is 4.27. The molecule has 122 valence electrons. The third kappa shape index (κ3) is 3.78. The molecule has 1 fully saturated rings. The van der Waals surface area contributed by atoms with Gasteiger partial charge in [-0.2, -0.15) is 0 Å². The molecule has 1 unspecified atom stereocenters. The Balaban J connectivity index is 1.75. The van der Waals surface area contributed by atoms with Crippen LogP contribution in [-0.4, -0.2) is 38.3 Å². The molecular weight excluding hydrogens is 292 g/mol. The molecule has 1 aliphatic carbocycles. The van der Waals surface area contributed by atoms with Gasteiger partial charge in [-0.05, 0) is 24.0 Å². The van der Waals surface area contributed by atoms with Gasteiger partial charge >= 0.3 is 0 Å².